The highest BCUT2D eigenvalue weighted by atomic mass is 35.5. The number of benzene rings is 2. The molecule has 2 aromatic carbocycles. The number of rotatable bonds is 5. The van der Waals surface area contributed by atoms with Crippen LogP contribution in [-0.4, -0.2) is 23.3 Å². The van der Waals surface area contributed by atoms with E-state index in [2.05, 4.69) is 6.58 Å². The van der Waals surface area contributed by atoms with Gasteiger partial charge in [-0.3, -0.25) is 9.59 Å². The first-order chi connectivity index (χ1) is 11.9. The summed E-state index contributed by atoms with van der Waals surface area (Å²) in [6.07, 6.45) is 1.24. The Balaban J connectivity index is 2.00. The van der Waals surface area contributed by atoms with E-state index in [0.717, 1.165) is 5.56 Å². The van der Waals surface area contributed by atoms with Crippen molar-refractivity contribution in [3.8, 4) is 0 Å². The van der Waals surface area contributed by atoms with Gasteiger partial charge in [0, 0.05) is 22.7 Å². The maximum Gasteiger partial charge on any atom is 0.264 e. The van der Waals surface area contributed by atoms with Gasteiger partial charge in [-0.05, 0) is 25.1 Å². The zero-order valence-electron chi connectivity index (χ0n) is 13.8. The molecule has 0 spiro atoms. The minimum atomic E-state index is -1.93. The number of aliphatic hydroxyl groups is 1. The van der Waals surface area contributed by atoms with E-state index in [1.54, 1.807) is 36.4 Å². The molecule has 3 rings (SSSR count). The summed E-state index contributed by atoms with van der Waals surface area (Å²) in [5, 5.41) is 11.5. The standard InChI is InChI=1S/C20H18ClNO3/c1-3-10-22-17-9-8-15(21)11-16(17)20(25,19(22)24)12-18(23)14-6-4-13(2)5-7-14/h3-9,11,25H,1,10,12H2,2H3. The van der Waals surface area contributed by atoms with Gasteiger partial charge in [-0.25, -0.2) is 0 Å². The van der Waals surface area contributed by atoms with Crippen molar-refractivity contribution in [1.82, 2.24) is 0 Å². The molecule has 0 fully saturated rings. The van der Waals surface area contributed by atoms with Crippen LogP contribution >= 0.6 is 11.6 Å². The Morgan fingerprint density at radius 2 is 1.96 bits per heavy atom. The molecule has 1 heterocycles. The Labute approximate surface area is 151 Å². The maximum absolute atomic E-state index is 12.8. The molecule has 0 bridgehead atoms. The van der Waals surface area contributed by atoms with E-state index < -0.39 is 11.5 Å². The summed E-state index contributed by atoms with van der Waals surface area (Å²) in [7, 11) is 0. The van der Waals surface area contributed by atoms with Crippen LogP contribution in [-0.2, 0) is 10.4 Å². The van der Waals surface area contributed by atoms with E-state index in [1.165, 1.54) is 4.90 Å². The predicted molar refractivity (Wildman–Crippen MR) is 98.0 cm³/mol. The molecule has 0 aromatic heterocycles. The number of ketones is 1. The predicted octanol–water partition coefficient (Wildman–Crippen LogP) is 3.64. The first-order valence-corrected chi connectivity index (χ1v) is 8.30. The molecule has 4 nitrogen and oxygen atoms in total. The number of carbonyl (C=O) groups is 2. The second kappa shape index (κ2) is 6.47. The summed E-state index contributed by atoms with van der Waals surface area (Å²) in [5.41, 5.74) is 0.463. The highest BCUT2D eigenvalue weighted by Gasteiger charge is 2.50. The number of hydrogen-bond acceptors (Lipinski definition) is 3. The van der Waals surface area contributed by atoms with Crippen LogP contribution in [0.2, 0.25) is 5.02 Å². The molecule has 1 aliphatic rings. The van der Waals surface area contributed by atoms with E-state index in [0.29, 0.717) is 21.8 Å². The topological polar surface area (TPSA) is 57.6 Å². The molecule has 0 aliphatic carbocycles. The lowest BCUT2D eigenvalue weighted by Crippen LogP contribution is -2.41. The summed E-state index contributed by atoms with van der Waals surface area (Å²) >= 11 is 6.05. The van der Waals surface area contributed by atoms with Crippen molar-refractivity contribution < 1.29 is 14.7 Å². The van der Waals surface area contributed by atoms with Gasteiger partial charge in [0.15, 0.2) is 11.4 Å². The van der Waals surface area contributed by atoms with Gasteiger partial charge in [0.1, 0.15) is 0 Å². The van der Waals surface area contributed by atoms with Crippen LogP contribution in [0.15, 0.2) is 55.1 Å². The minimum absolute atomic E-state index is 0.245. The summed E-state index contributed by atoms with van der Waals surface area (Å²) in [4.78, 5) is 26.9. The summed E-state index contributed by atoms with van der Waals surface area (Å²) < 4.78 is 0. The van der Waals surface area contributed by atoms with Crippen molar-refractivity contribution >= 4 is 29.0 Å². The van der Waals surface area contributed by atoms with Crippen molar-refractivity contribution in [3.05, 3.63) is 76.8 Å². The average molecular weight is 356 g/mol. The van der Waals surface area contributed by atoms with Crippen molar-refractivity contribution in [2.24, 2.45) is 0 Å². The SMILES string of the molecule is C=CCN1C(=O)C(O)(CC(=O)c2ccc(C)cc2)c2cc(Cl)ccc21. The lowest BCUT2D eigenvalue weighted by Gasteiger charge is -2.22. The van der Waals surface area contributed by atoms with Crippen LogP contribution in [0.5, 0.6) is 0 Å². The van der Waals surface area contributed by atoms with E-state index >= 15 is 0 Å². The zero-order valence-corrected chi connectivity index (χ0v) is 14.6. The molecule has 1 unspecified atom stereocenters. The Morgan fingerprint density at radius 1 is 1.28 bits per heavy atom. The van der Waals surface area contributed by atoms with Gasteiger partial charge < -0.3 is 10.0 Å². The van der Waals surface area contributed by atoms with E-state index in [-0.39, 0.29) is 18.7 Å². The lowest BCUT2D eigenvalue weighted by atomic mass is 9.88. The normalized spacial score (nSPS) is 19.0. The quantitative estimate of drug-likeness (QED) is 0.658. The largest absolute Gasteiger partial charge is 0.375 e. The third-order valence-electron chi connectivity index (χ3n) is 4.40. The molecule has 0 saturated heterocycles. The van der Waals surface area contributed by atoms with Gasteiger partial charge in [-0.2, -0.15) is 0 Å². The van der Waals surface area contributed by atoms with Gasteiger partial charge >= 0.3 is 0 Å². The molecule has 1 amide bonds. The molecule has 1 atom stereocenters. The van der Waals surface area contributed by atoms with Crippen LogP contribution in [0, 0.1) is 6.92 Å². The third-order valence-corrected chi connectivity index (χ3v) is 4.63. The fourth-order valence-electron chi connectivity index (χ4n) is 3.08. The number of anilines is 1. The van der Waals surface area contributed by atoms with Crippen molar-refractivity contribution in [1.29, 1.82) is 0 Å². The molecule has 0 saturated carbocycles. The molecule has 2 aromatic rings. The van der Waals surface area contributed by atoms with E-state index in [9.17, 15) is 14.7 Å². The monoisotopic (exact) mass is 355 g/mol. The van der Waals surface area contributed by atoms with E-state index in [1.807, 2.05) is 19.1 Å². The highest BCUT2D eigenvalue weighted by molar-refractivity contribution is 6.31. The van der Waals surface area contributed by atoms with Crippen LogP contribution in [0.1, 0.15) is 27.9 Å². The number of fused-ring (bicyclic) bond motifs is 1. The number of carbonyl (C=O) groups excluding carboxylic acids is 2. The van der Waals surface area contributed by atoms with Crippen molar-refractivity contribution in [2.75, 3.05) is 11.4 Å². The molecular formula is C20H18ClNO3. The van der Waals surface area contributed by atoms with Gasteiger partial charge in [-0.15, -0.1) is 6.58 Å². The average Bonchev–Trinajstić information content (AvgIpc) is 2.77. The molecule has 5 heteroatoms. The highest BCUT2D eigenvalue weighted by Crippen LogP contribution is 2.44. The first kappa shape index (κ1) is 17.4. The van der Waals surface area contributed by atoms with Crippen LogP contribution in [0.4, 0.5) is 5.69 Å². The second-order valence-electron chi connectivity index (χ2n) is 6.19. The van der Waals surface area contributed by atoms with Crippen LogP contribution < -0.4 is 4.90 Å². The Kier molecular flexibility index (Phi) is 4.50. The Hall–Kier alpha value is -2.43. The number of amides is 1. The summed E-state index contributed by atoms with van der Waals surface area (Å²) in [6, 6.07) is 11.9. The molecule has 0 radical (unpaired) electrons. The molecule has 1 N–H and O–H groups in total. The first-order valence-electron chi connectivity index (χ1n) is 7.92. The van der Waals surface area contributed by atoms with Gasteiger partial charge in [0.2, 0.25) is 0 Å². The molecule has 1 aliphatic heterocycles. The van der Waals surface area contributed by atoms with Crippen LogP contribution in [0.25, 0.3) is 0 Å². The number of nitrogens with zero attached hydrogens (tertiary/aromatic N) is 1. The number of aryl methyl sites for hydroxylation is 1. The Bertz CT molecular complexity index is 860. The van der Waals surface area contributed by atoms with Crippen molar-refractivity contribution in [2.45, 2.75) is 18.9 Å². The third kappa shape index (κ3) is 2.99. The molecular weight excluding hydrogens is 338 g/mol. The number of halogens is 1. The molecule has 128 valence electrons. The summed E-state index contributed by atoms with van der Waals surface area (Å²) in [5.74, 6) is -0.840. The van der Waals surface area contributed by atoms with Gasteiger partial charge in [0.25, 0.3) is 5.91 Å². The van der Waals surface area contributed by atoms with Gasteiger partial charge in [-0.1, -0.05) is 47.5 Å². The lowest BCUT2D eigenvalue weighted by molar-refractivity contribution is -0.135. The second-order valence-corrected chi connectivity index (χ2v) is 6.63. The number of Topliss-reactive ketones (excluding diaryl/α,β-unsaturated/α-hetero) is 1. The van der Waals surface area contributed by atoms with Crippen molar-refractivity contribution in [3.63, 3.8) is 0 Å². The van der Waals surface area contributed by atoms with E-state index in [4.69, 9.17) is 11.6 Å². The zero-order chi connectivity index (χ0) is 18.2. The fourth-order valence-corrected chi connectivity index (χ4v) is 3.25. The maximum atomic E-state index is 12.8. The van der Waals surface area contributed by atoms with Gasteiger partial charge in [0.05, 0.1) is 12.1 Å². The smallest absolute Gasteiger partial charge is 0.264 e. The minimum Gasteiger partial charge on any atom is -0.375 e. The fraction of sp³-hybridized carbons (Fsp3) is 0.200. The Morgan fingerprint density at radius 3 is 2.60 bits per heavy atom. The van der Waals surface area contributed by atoms with Crippen LogP contribution in [0.3, 0.4) is 0 Å². The molecule has 25 heavy (non-hydrogen) atoms. The summed E-state index contributed by atoms with van der Waals surface area (Å²) in [6.45, 7) is 5.81. The number of hydrogen-bond donors (Lipinski definition) is 1.